The summed E-state index contributed by atoms with van der Waals surface area (Å²) in [5.41, 5.74) is 16.9. The summed E-state index contributed by atoms with van der Waals surface area (Å²) in [7, 11) is 0. The SMILES string of the molecule is NCC(=O)N[C@H](Cc1ccccc1)C(=O)N1CCC[C@H]1C(=O)N[C@H](C=O)CCCN=C(N)N. The van der Waals surface area contributed by atoms with Crippen molar-refractivity contribution in [2.75, 3.05) is 19.6 Å². The molecule has 8 N–H and O–H groups in total. The van der Waals surface area contributed by atoms with E-state index in [9.17, 15) is 19.2 Å². The van der Waals surface area contributed by atoms with Crippen LogP contribution in [-0.4, -0.2) is 72.6 Å². The fourth-order valence-electron chi connectivity index (χ4n) is 3.78. The average molecular weight is 460 g/mol. The van der Waals surface area contributed by atoms with Crippen molar-refractivity contribution >= 4 is 30.0 Å². The Morgan fingerprint density at radius 3 is 2.55 bits per heavy atom. The molecule has 1 aliphatic rings. The van der Waals surface area contributed by atoms with Crippen molar-refractivity contribution in [2.45, 2.75) is 50.2 Å². The smallest absolute Gasteiger partial charge is 0.246 e. The van der Waals surface area contributed by atoms with Gasteiger partial charge in [-0.05, 0) is 31.2 Å². The molecule has 0 aliphatic carbocycles. The van der Waals surface area contributed by atoms with Crippen LogP contribution in [0.25, 0.3) is 0 Å². The van der Waals surface area contributed by atoms with Crippen LogP contribution in [-0.2, 0) is 25.6 Å². The van der Waals surface area contributed by atoms with Crippen LogP contribution in [0, 0.1) is 0 Å². The Labute approximate surface area is 193 Å². The molecular weight excluding hydrogens is 426 g/mol. The van der Waals surface area contributed by atoms with E-state index in [2.05, 4.69) is 15.6 Å². The Kier molecular flexibility index (Phi) is 10.3. The second-order valence-electron chi connectivity index (χ2n) is 7.90. The summed E-state index contributed by atoms with van der Waals surface area (Å²) < 4.78 is 0. The van der Waals surface area contributed by atoms with Gasteiger partial charge >= 0.3 is 0 Å². The second-order valence-corrected chi connectivity index (χ2v) is 7.90. The number of amides is 3. The molecule has 0 radical (unpaired) electrons. The lowest BCUT2D eigenvalue weighted by molar-refractivity contribution is -0.141. The van der Waals surface area contributed by atoms with Crippen LogP contribution in [0.4, 0.5) is 0 Å². The number of nitrogens with one attached hydrogen (secondary N) is 2. The summed E-state index contributed by atoms with van der Waals surface area (Å²) in [4.78, 5) is 54.9. The first-order valence-corrected chi connectivity index (χ1v) is 11.0. The number of carbonyl (C=O) groups excluding carboxylic acids is 4. The molecule has 11 heteroatoms. The van der Waals surface area contributed by atoms with Gasteiger partial charge in [-0.1, -0.05) is 30.3 Å². The third-order valence-corrected chi connectivity index (χ3v) is 5.40. The first kappa shape index (κ1) is 25.8. The highest BCUT2D eigenvalue weighted by Crippen LogP contribution is 2.20. The number of carbonyl (C=O) groups is 4. The first-order chi connectivity index (χ1) is 15.8. The number of aldehydes is 1. The number of nitrogens with two attached hydrogens (primary N) is 3. The molecule has 180 valence electrons. The topological polar surface area (TPSA) is 186 Å². The number of hydrogen-bond acceptors (Lipinski definition) is 6. The van der Waals surface area contributed by atoms with Gasteiger partial charge in [0.15, 0.2) is 5.96 Å². The number of hydrogen-bond donors (Lipinski definition) is 5. The van der Waals surface area contributed by atoms with Crippen LogP contribution in [0.3, 0.4) is 0 Å². The minimum absolute atomic E-state index is 0.0337. The van der Waals surface area contributed by atoms with Gasteiger partial charge in [0.1, 0.15) is 18.4 Å². The van der Waals surface area contributed by atoms with Crippen molar-refractivity contribution in [1.29, 1.82) is 0 Å². The number of guanidine groups is 1. The summed E-state index contributed by atoms with van der Waals surface area (Å²) >= 11 is 0. The third-order valence-electron chi connectivity index (χ3n) is 5.40. The molecule has 3 amide bonds. The minimum Gasteiger partial charge on any atom is -0.370 e. The maximum absolute atomic E-state index is 13.3. The van der Waals surface area contributed by atoms with E-state index in [0.717, 1.165) is 5.56 Å². The minimum atomic E-state index is -0.849. The normalized spacial score (nSPS) is 17.0. The molecular formula is C22H33N7O4. The first-order valence-electron chi connectivity index (χ1n) is 11.0. The van der Waals surface area contributed by atoms with E-state index in [4.69, 9.17) is 17.2 Å². The van der Waals surface area contributed by atoms with Crippen molar-refractivity contribution in [3.05, 3.63) is 35.9 Å². The van der Waals surface area contributed by atoms with Gasteiger partial charge in [-0.15, -0.1) is 0 Å². The van der Waals surface area contributed by atoms with Crippen molar-refractivity contribution in [3.8, 4) is 0 Å². The maximum Gasteiger partial charge on any atom is 0.246 e. The summed E-state index contributed by atoms with van der Waals surface area (Å²) in [5, 5.41) is 5.37. The van der Waals surface area contributed by atoms with Gasteiger partial charge < -0.3 is 37.5 Å². The van der Waals surface area contributed by atoms with Crippen LogP contribution in [0.1, 0.15) is 31.2 Å². The van der Waals surface area contributed by atoms with E-state index >= 15 is 0 Å². The van der Waals surface area contributed by atoms with Crippen molar-refractivity contribution < 1.29 is 19.2 Å². The lowest BCUT2D eigenvalue weighted by atomic mass is 10.0. The van der Waals surface area contributed by atoms with E-state index in [0.29, 0.717) is 45.1 Å². The highest BCUT2D eigenvalue weighted by atomic mass is 16.2. The molecule has 0 spiro atoms. The molecule has 2 rings (SSSR count). The molecule has 1 aromatic rings. The molecule has 3 atom stereocenters. The van der Waals surface area contributed by atoms with Gasteiger partial charge in [0, 0.05) is 19.5 Å². The quantitative estimate of drug-likeness (QED) is 0.108. The molecule has 0 aromatic heterocycles. The van der Waals surface area contributed by atoms with Crippen LogP contribution >= 0.6 is 0 Å². The van der Waals surface area contributed by atoms with E-state index in [-0.39, 0.29) is 24.8 Å². The molecule has 1 fully saturated rings. The zero-order valence-electron chi connectivity index (χ0n) is 18.6. The molecule has 1 heterocycles. The Morgan fingerprint density at radius 2 is 1.91 bits per heavy atom. The molecule has 0 saturated carbocycles. The van der Waals surface area contributed by atoms with Gasteiger partial charge in [-0.25, -0.2) is 0 Å². The highest BCUT2D eigenvalue weighted by Gasteiger charge is 2.38. The maximum atomic E-state index is 13.3. The number of likely N-dealkylation sites (tertiary alicyclic amines) is 1. The average Bonchev–Trinajstić information content (AvgIpc) is 3.30. The number of rotatable bonds is 12. The van der Waals surface area contributed by atoms with Crippen LogP contribution in [0.15, 0.2) is 35.3 Å². The Hall–Kier alpha value is -3.47. The van der Waals surface area contributed by atoms with Gasteiger partial charge in [0.05, 0.1) is 12.6 Å². The number of nitrogens with zero attached hydrogens (tertiary/aromatic N) is 2. The van der Waals surface area contributed by atoms with E-state index in [1.807, 2.05) is 30.3 Å². The standard InChI is InChI=1S/C22H33N7O4/c23-13-19(31)28-17(12-15-6-2-1-3-7-15)21(33)29-11-5-9-18(29)20(32)27-16(14-30)8-4-10-26-22(24)25/h1-3,6-7,14,16-18H,4-5,8-13,23H2,(H,27,32)(H,28,31)(H4,24,25,26)/t16-,17+,18-/m0/s1. The van der Waals surface area contributed by atoms with Crippen LogP contribution < -0.4 is 27.8 Å². The van der Waals surface area contributed by atoms with Crippen LogP contribution in [0.2, 0.25) is 0 Å². The molecule has 1 aromatic carbocycles. The molecule has 1 saturated heterocycles. The number of benzene rings is 1. The lowest BCUT2D eigenvalue weighted by Gasteiger charge is -2.29. The lowest BCUT2D eigenvalue weighted by Crippen LogP contribution is -2.55. The predicted molar refractivity (Wildman–Crippen MR) is 124 cm³/mol. The zero-order valence-corrected chi connectivity index (χ0v) is 18.6. The van der Waals surface area contributed by atoms with E-state index in [1.54, 1.807) is 0 Å². The van der Waals surface area contributed by atoms with Crippen molar-refractivity contribution in [1.82, 2.24) is 15.5 Å². The fraction of sp³-hybridized carbons (Fsp3) is 0.500. The molecule has 11 nitrogen and oxygen atoms in total. The Balaban J connectivity index is 2.05. The molecule has 0 unspecified atom stereocenters. The summed E-state index contributed by atoms with van der Waals surface area (Å²) in [6.07, 6.45) is 2.93. The Bertz CT molecular complexity index is 842. The summed E-state index contributed by atoms with van der Waals surface area (Å²) in [5.74, 6) is -1.24. The summed E-state index contributed by atoms with van der Waals surface area (Å²) in [6.45, 7) is 0.485. The zero-order chi connectivity index (χ0) is 24.2. The van der Waals surface area contributed by atoms with E-state index in [1.165, 1.54) is 4.90 Å². The molecule has 0 bridgehead atoms. The van der Waals surface area contributed by atoms with Gasteiger partial charge in [0.25, 0.3) is 0 Å². The number of aliphatic imine (C=N–C) groups is 1. The second kappa shape index (κ2) is 13.2. The predicted octanol–water partition coefficient (Wildman–Crippen LogP) is -1.60. The van der Waals surface area contributed by atoms with Crippen LogP contribution in [0.5, 0.6) is 0 Å². The van der Waals surface area contributed by atoms with E-state index < -0.39 is 29.9 Å². The van der Waals surface area contributed by atoms with Gasteiger partial charge in [0.2, 0.25) is 17.7 Å². The third kappa shape index (κ3) is 8.19. The summed E-state index contributed by atoms with van der Waals surface area (Å²) in [6, 6.07) is 7.01. The fourth-order valence-corrected chi connectivity index (χ4v) is 3.78. The molecule has 33 heavy (non-hydrogen) atoms. The van der Waals surface area contributed by atoms with Gasteiger partial charge in [-0.3, -0.25) is 19.4 Å². The Morgan fingerprint density at radius 1 is 1.18 bits per heavy atom. The van der Waals surface area contributed by atoms with Gasteiger partial charge in [-0.2, -0.15) is 0 Å². The monoisotopic (exact) mass is 459 g/mol. The van der Waals surface area contributed by atoms with Crippen molar-refractivity contribution in [2.24, 2.45) is 22.2 Å². The molecule has 1 aliphatic heterocycles. The van der Waals surface area contributed by atoms with Crippen molar-refractivity contribution in [3.63, 3.8) is 0 Å². The highest BCUT2D eigenvalue weighted by molar-refractivity contribution is 5.93. The largest absolute Gasteiger partial charge is 0.370 e.